The number of carbonyl (C=O) groups is 2. The molecule has 24 heavy (non-hydrogen) atoms. The molecule has 2 N–H and O–H groups in total. The molecule has 0 aromatic carbocycles. The first-order chi connectivity index (χ1) is 11.7. The van der Waals surface area contributed by atoms with Crippen molar-refractivity contribution < 1.29 is 14.8 Å². The third kappa shape index (κ3) is 3.72. The van der Waals surface area contributed by atoms with E-state index in [1.165, 1.54) is 12.8 Å². The molecule has 1 aromatic rings. The number of nitrogens with zero attached hydrogens (tertiary/aromatic N) is 5. The first-order valence-corrected chi connectivity index (χ1v) is 8.63. The average Bonchev–Trinajstić information content (AvgIpc) is 3.33. The van der Waals surface area contributed by atoms with Gasteiger partial charge in [-0.25, -0.2) is 5.06 Å². The fraction of sp³-hybridized carbons (Fsp3) is 0.800. The summed E-state index contributed by atoms with van der Waals surface area (Å²) < 4.78 is 0. The number of rotatable bonds is 7. The number of amides is 2. The third-order valence-electron chi connectivity index (χ3n) is 5.17. The van der Waals surface area contributed by atoms with Crippen molar-refractivity contribution >= 4 is 12.3 Å². The lowest BCUT2D eigenvalue weighted by Crippen LogP contribution is -2.41. The molecule has 2 fully saturated rings. The second-order valence-corrected chi connectivity index (χ2v) is 6.77. The number of hydrogen-bond donors (Lipinski definition) is 2. The Morgan fingerprint density at radius 1 is 1.38 bits per heavy atom. The van der Waals surface area contributed by atoms with Gasteiger partial charge in [0.25, 0.3) is 0 Å². The standard InChI is InChI=1S/C15H24N6O3/c22-10-20(24)9-12(8-11-4-1-2-5-11)15(23)21-7-3-6-13(21)14-16-18-19-17-14/h10-13,24H,1-9H2,(H,16,17,18,19)/t12-,13-/m0/s1. The van der Waals surface area contributed by atoms with Crippen LogP contribution in [0.15, 0.2) is 0 Å². The number of hydrogen-bond acceptors (Lipinski definition) is 6. The van der Waals surface area contributed by atoms with E-state index >= 15 is 0 Å². The Morgan fingerprint density at radius 2 is 2.17 bits per heavy atom. The van der Waals surface area contributed by atoms with Gasteiger partial charge in [-0.2, -0.15) is 5.21 Å². The largest absolute Gasteiger partial charge is 0.332 e. The first kappa shape index (κ1) is 16.8. The van der Waals surface area contributed by atoms with E-state index in [1.54, 1.807) is 4.90 Å². The van der Waals surface area contributed by atoms with Crippen molar-refractivity contribution in [1.82, 2.24) is 30.6 Å². The van der Waals surface area contributed by atoms with Crippen LogP contribution < -0.4 is 0 Å². The van der Waals surface area contributed by atoms with Gasteiger partial charge in [-0.05, 0) is 25.2 Å². The first-order valence-electron chi connectivity index (χ1n) is 8.63. The molecule has 0 spiro atoms. The van der Waals surface area contributed by atoms with E-state index in [-0.39, 0.29) is 18.5 Å². The van der Waals surface area contributed by atoms with E-state index < -0.39 is 5.92 Å². The van der Waals surface area contributed by atoms with Gasteiger partial charge in [0.2, 0.25) is 12.3 Å². The molecule has 132 valence electrons. The number of aromatic nitrogens is 4. The van der Waals surface area contributed by atoms with Crippen LogP contribution in [0.4, 0.5) is 0 Å². The Hall–Kier alpha value is -2.03. The van der Waals surface area contributed by atoms with Crippen LogP contribution in [0.1, 0.15) is 56.8 Å². The molecule has 1 saturated heterocycles. The van der Waals surface area contributed by atoms with Crippen molar-refractivity contribution in [2.24, 2.45) is 11.8 Å². The highest BCUT2D eigenvalue weighted by Crippen LogP contribution is 2.35. The van der Waals surface area contributed by atoms with Crippen molar-refractivity contribution in [3.8, 4) is 0 Å². The molecule has 1 saturated carbocycles. The zero-order valence-electron chi connectivity index (χ0n) is 13.7. The third-order valence-corrected chi connectivity index (χ3v) is 5.17. The number of carbonyl (C=O) groups excluding carboxylic acids is 2. The van der Waals surface area contributed by atoms with Gasteiger partial charge in [0.1, 0.15) is 0 Å². The molecule has 2 atom stereocenters. The lowest BCUT2D eigenvalue weighted by atomic mass is 9.91. The van der Waals surface area contributed by atoms with Gasteiger partial charge in [-0.3, -0.25) is 14.8 Å². The number of likely N-dealkylation sites (tertiary alicyclic amines) is 1. The molecule has 9 heteroatoms. The molecule has 2 aliphatic rings. The van der Waals surface area contributed by atoms with Gasteiger partial charge in [0, 0.05) is 6.54 Å². The zero-order valence-corrected chi connectivity index (χ0v) is 13.7. The normalized spacial score (nSPS) is 22.7. The van der Waals surface area contributed by atoms with Crippen LogP contribution in [0.25, 0.3) is 0 Å². The molecule has 9 nitrogen and oxygen atoms in total. The Labute approximate surface area is 140 Å². The van der Waals surface area contributed by atoms with Crippen LogP contribution in [-0.4, -0.2) is 61.2 Å². The van der Waals surface area contributed by atoms with E-state index in [0.29, 0.717) is 36.2 Å². The number of nitrogens with one attached hydrogen (secondary N) is 1. The summed E-state index contributed by atoms with van der Waals surface area (Å²) in [5, 5.41) is 24.2. The zero-order chi connectivity index (χ0) is 16.9. The minimum atomic E-state index is -0.393. The quantitative estimate of drug-likeness (QED) is 0.434. The second-order valence-electron chi connectivity index (χ2n) is 6.77. The summed E-state index contributed by atoms with van der Waals surface area (Å²) in [7, 11) is 0. The smallest absolute Gasteiger partial charge is 0.233 e. The van der Waals surface area contributed by atoms with Gasteiger partial charge < -0.3 is 4.90 Å². The summed E-state index contributed by atoms with van der Waals surface area (Å²) in [5.41, 5.74) is 0. The minimum absolute atomic E-state index is 0.0323. The maximum absolute atomic E-state index is 13.1. The predicted octanol–water partition coefficient (Wildman–Crippen LogP) is 0.907. The summed E-state index contributed by atoms with van der Waals surface area (Å²) in [4.78, 5) is 25.6. The lowest BCUT2D eigenvalue weighted by Gasteiger charge is -2.29. The van der Waals surface area contributed by atoms with Crippen molar-refractivity contribution in [3.63, 3.8) is 0 Å². The SMILES string of the molecule is O=CN(O)C[C@H](CC1CCCC1)C(=O)N1CCC[C@H]1c1nn[nH]n1. The summed E-state index contributed by atoms with van der Waals surface area (Å²) in [5.74, 6) is 0.591. The summed E-state index contributed by atoms with van der Waals surface area (Å²) >= 11 is 0. The maximum atomic E-state index is 13.1. The Bertz CT molecular complexity index is 545. The highest BCUT2D eigenvalue weighted by Gasteiger charge is 2.37. The number of aromatic amines is 1. The molecule has 1 aliphatic carbocycles. The summed E-state index contributed by atoms with van der Waals surface area (Å²) in [6, 6.07) is -0.175. The molecule has 0 bridgehead atoms. The van der Waals surface area contributed by atoms with Crippen molar-refractivity contribution in [3.05, 3.63) is 5.82 Å². The summed E-state index contributed by atoms with van der Waals surface area (Å²) in [6.45, 7) is 0.681. The van der Waals surface area contributed by atoms with Crippen LogP contribution in [0.5, 0.6) is 0 Å². The van der Waals surface area contributed by atoms with Gasteiger partial charge in [0.15, 0.2) is 5.82 Å². The fourth-order valence-corrected chi connectivity index (χ4v) is 4.01. The molecule has 2 amide bonds. The second kappa shape index (κ2) is 7.69. The Morgan fingerprint density at radius 3 is 2.83 bits per heavy atom. The van der Waals surface area contributed by atoms with E-state index in [9.17, 15) is 14.8 Å². The van der Waals surface area contributed by atoms with Gasteiger partial charge in [-0.1, -0.05) is 30.9 Å². The minimum Gasteiger partial charge on any atom is -0.332 e. The predicted molar refractivity (Wildman–Crippen MR) is 82.5 cm³/mol. The van der Waals surface area contributed by atoms with Crippen LogP contribution in [0, 0.1) is 11.8 Å². The number of hydroxylamine groups is 2. The van der Waals surface area contributed by atoms with E-state index in [4.69, 9.17) is 0 Å². The Balaban J connectivity index is 1.72. The molecule has 1 aromatic heterocycles. The fourth-order valence-electron chi connectivity index (χ4n) is 4.01. The molecule has 1 aliphatic heterocycles. The Kier molecular flexibility index (Phi) is 5.39. The van der Waals surface area contributed by atoms with Crippen LogP contribution in [0.3, 0.4) is 0 Å². The van der Waals surface area contributed by atoms with Crippen LogP contribution in [0.2, 0.25) is 0 Å². The van der Waals surface area contributed by atoms with Crippen molar-refractivity contribution in [2.45, 2.75) is 51.0 Å². The summed E-state index contributed by atoms with van der Waals surface area (Å²) in [6.07, 6.45) is 7.37. The highest BCUT2D eigenvalue weighted by molar-refractivity contribution is 5.80. The topological polar surface area (TPSA) is 115 Å². The van der Waals surface area contributed by atoms with Crippen molar-refractivity contribution in [2.75, 3.05) is 13.1 Å². The van der Waals surface area contributed by atoms with Gasteiger partial charge in [0.05, 0.1) is 18.5 Å². The number of tetrazole rings is 1. The van der Waals surface area contributed by atoms with E-state index in [2.05, 4.69) is 20.6 Å². The molecule has 2 heterocycles. The molecule has 3 rings (SSSR count). The average molecular weight is 336 g/mol. The van der Waals surface area contributed by atoms with E-state index in [1.807, 2.05) is 0 Å². The molecular weight excluding hydrogens is 312 g/mol. The van der Waals surface area contributed by atoms with E-state index in [0.717, 1.165) is 25.7 Å². The monoisotopic (exact) mass is 336 g/mol. The molecular formula is C15H24N6O3. The van der Waals surface area contributed by atoms with Crippen molar-refractivity contribution in [1.29, 1.82) is 0 Å². The molecule has 0 unspecified atom stereocenters. The van der Waals surface area contributed by atoms with Gasteiger partial charge >= 0.3 is 0 Å². The number of H-pyrrole nitrogens is 1. The lowest BCUT2D eigenvalue weighted by molar-refractivity contribution is -0.157. The highest BCUT2D eigenvalue weighted by atomic mass is 16.5. The maximum Gasteiger partial charge on any atom is 0.233 e. The van der Waals surface area contributed by atoms with Crippen LogP contribution in [-0.2, 0) is 9.59 Å². The van der Waals surface area contributed by atoms with Crippen LogP contribution >= 0.6 is 0 Å². The van der Waals surface area contributed by atoms with Gasteiger partial charge in [-0.15, -0.1) is 10.2 Å². The molecule has 0 radical (unpaired) electrons.